The summed E-state index contributed by atoms with van der Waals surface area (Å²) in [6, 6.07) is 0. The van der Waals surface area contributed by atoms with Crippen molar-refractivity contribution in [2.24, 2.45) is 5.41 Å². The molecule has 6 N–H and O–H groups in total. The minimum absolute atomic E-state index is 0.147. The highest BCUT2D eigenvalue weighted by molar-refractivity contribution is 4.82. The highest BCUT2D eigenvalue weighted by Crippen LogP contribution is 2.22. The Bertz CT molecular complexity index is 735. The SMILES string of the molecule is CCCN(CCC)CC(O)COCC(COCC(O)CN(CCC)CCC)(COCC(O)CN1CCNCC1)COCC(O)CN1CCNCC1. The first kappa shape index (κ1) is 46.6. The second-order valence-corrected chi connectivity index (χ2v) is 14.9. The molecule has 304 valence electrons. The molecule has 2 fully saturated rings. The third-order valence-corrected chi connectivity index (χ3v) is 9.33. The Hall–Kier alpha value is -0.560. The quantitative estimate of drug-likeness (QED) is 0.0528. The molecule has 0 saturated carbocycles. The molecule has 0 aromatic heterocycles. The summed E-state index contributed by atoms with van der Waals surface area (Å²) in [5, 5.41) is 50.2. The van der Waals surface area contributed by atoms with Crippen LogP contribution >= 0.6 is 0 Å². The third kappa shape index (κ3) is 21.8. The summed E-state index contributed by atoms with van der Waals surface area (Å²) in [6.45, 7) is 22.9. The number of aliphatic hydroxyl groups is 4. The normalized spacial score (nSPS) is 20.1. The maximum atomic E-state index is 10.9. The van der Waals surface area contributed by atoms with E-state index < -0.39 is 29.8 Å². The summed E-state index contributed by atoms with van der Waals surface area (Å²) in [4.78, 5) is 8.99. The summed E-state index contributed by atoms with van der Waals surface area (Å²) in [5.41, 5.74) is -0.804. The van der Waals surface area contributed by atoms with Crippen molar-refractivity contribution in [2.45, 2.75) is 77.8 Å². The van der Waals surface area contributed by atoms with Gasteiger partial charge in [0, 0.05) is 78.5 Å². The molecule has 4 unspecified atom stereocenters. The van der Waals surface area contributed by atoms with Gasteiger partial charge in [-0.2, -0.15) is 0 Å². The number of rotatable bonds is 32. The van der Waals surface area contributed by atoms with Gasteiger partial charge in [0.1, 0.15) is 0 Å². The van der Waals surface area contributed by atoms with Crippen LogP contribution in [0.2, 0.25) is 0 Å². The van der Waals surface area contributed by atoms with Gasteiger partial charge in [-0.1, -0.05) is 27.7 Å². The van der Waals surface area contributed by atoms with E-state index in [1.165, 1.54) is 0 Å². The molecule has 2 heterocycles. The smallest absolute Gasteiger partial charge is 0.0900 e. The first-order chi connectivity index (χ1) is 24.7. The van der Waals surface area contributed by atoms with Crippen LogP contribution in [0, 0.1) is 5.41 Å². The third-order valence-electron chi connectivity index (χ3n) is 9.33. The number of hydrogen-bond acceptors (Lipinski definition) is 14. The lowest BCUT2D eigenvalue weighted by Gasteiger charge is -2.35. The first-order valence-corrected chi connectivity index (χ1v) is 20.1. The minimum Gasteiger partial charge on any atom is -0.389 e. The van der Waals surface area contributed by atoms with Gasteiger partial charge in [0.15, 0.2) is 0 Å². The van der Waals surface area contributed by atoms with Crippen molar-refractivity contribution in [3.63, 3.8) is 0 Å². The number of ether oxygens (including phenoxy) is 4. The fourth-order valence-electron chi connectivity index (χ4n) is 6.94. The number of piperazine rings is 2. The van der Waals surface area contributed by atoms with E-state index in [4.69, 9.17) is 18.9 Å². The van der Waals surface area contributed by atoms with Gasteiger partial charge in [0.25, 0.3) is 0 Å². The number of nitrogens with zero attached hydrogens (tertiary/aromatic N) is 4. The molecule has 2 aliphatic rings. The van der Waals surface area contributed by atoms with E-state index in [-0.39, 0.29) is 52.9 Å². The van der Waals surface area contributed by atoms with E-state index >= 15 is 0 Å². The molecule has 2 aliphatic heterocycles. The fourth-order valence-corrected chi connectivity index (χ4v) is 6.94. The van der Waals surface area contributed by atoms with Crippen LogP contribution in [0.1, 0.15) is 53.4 Å². The van der Waals surface area contributed by atoms with Crippen molar-refractivity contribution in [1.82, 2.24) is 30.2 Å². The molecule has 0 aliphatic carbocycles. The minimum atomic E-state index is -0.804. The summed E-state index contributed by atoms with van der Waals surface area (Å²) in [6.07, 6.45) is 1.45. The van der Waals surface area contributed by atoms with Crippen molar-refractivity contribution in [3.8, 4) is 0 Å². The molecular weight excluding hydrogens is 656 g/mol. The Kier molecular flexibility index (Phi) is 26.3. The van der Waals surface area contributed by atoms with Crippen LogP contribution in [0.15, 0.2) is 0 Å². The van der Waals surface area contributed by atoms with Crippen molar-refractivity contribution < 1.29 is 39.4 Å². The van der Waals surface area contributed by atoms with Crippen LogP contribution in [0.3, 0.4) is 0 Å². The zero-order valence-corrected chi connectivity index (χ0v) is 32.8. The van der Waals surface area contributed by atoms with Gasteiger partial charge in [0.05, 0.1) is 82.7 Å². The predicted molar refractivity (Wildman–Crippen MR) is 202 cm³/mol. The van der Waals surface area contributed by atoms with Crippen molar-refractivity contribution >= 4 is 0 Å². The molecule has 14 nitrogen and oxygen atoms in total. The van der Waals surface area contributed by atoms with Gasteiger partial charge in [-0.25, -0.2) is 0 Å². The molecule has 0 spiro atoms. The Morgan fingerprint density at radius 2 is 0.804 bits per heavy atom. The highest BCUT2D eigenvalue weighted by atomic mass is 16.5. The Labute approximate surface area is 310 Å². The summed E-state index contributed by atoms with van der Waals surface area (Å²) >= 11 is 0. The molecule has 0 aromatic carbocycles. The molecule has 14 heteroatoms. The van der Waals surface area contributed by atoms with E-state index in [1.54, 1.807) is 0 Å². The number of β-amino-alcohol motifs (C(OH)–C–C–N with tert-alkyl or cyclic N) is 2. The Morgan fingerprint density at radius 1 is 0.510 bits per heavy atom. The lowest BCUT2D eigenvalue weighted by Crippen LogP contribution is -2.48. The van der Waals surface area contributed by atoms with Crippen LogP contribution in [-0.2, 0) is 18.9 Å². The zero-order chi connectivity index (χ0) is 37.2. The van der Waals surface area contributed by atoms with Gasteiger partial charge in [-0.3, -0.25) is 9.80 Å². The van der Waals surface area contributed by atoms with Gasteiger partial charge in [0.2, 0.25) is 0 Å². The molecule has 2 saturated heterocycles. The largest absolute Gasteiger partial charge is 0.389 e. The lowest BCUT2D eigenvalue weighted by atomic mass is 9.92. The molecule has 4 atom stereocenters. The first-order valence-electron chi connectivity index (χ1n) is 20.1. The van der Waals surface area contributed by atoms with Gasteiger partial charge in [-0.05, 0) is 51.9 Å². The number of nitrogens with one attached hydrogen (secondary N) is 2. The van der Waals surface area contributed by atoms with Crippen molar-refractivity contribution in [1.29, 1.82) is 0 Å². The maximum absolute atomic E-state index is 10.9. The van der Waals surface area contributed by atoms with Crippen LogP contribution in [0.5, 0.6) is 0 Å². The zero-order valence-electron chi connectivity index (χ0n) is 32.8. The van der Waals surface area contributed by atoms with Crippen LogP contribution in [0.25, 0.3) is 0 Å². The lowest BCUT2D eigenvalue weighted by molar-refractivity contribution is -0.134. The average Bonchev–Trinajstić information content (AvgIpc) is 3.09. The maximum Gasteiger partial charge on any atom is 0.0900 e. The number of hydrogen-bond donors (Lipinski definition) is 6. The second-order valence-electron chi connectivity index (χ2n) is 14.9. The summed E-state index contributed by atoms with van der Waals surface area (Å²) in [5.74, 6) is 0. The van der Waals surface area contributed by atoms with E-state index in [2.05, 4.69) is 57.9 Å². The molecule has 2 rings (SSSR count). The predicted octanol–water partition coefficient (Wildman–Crippen LogP) is -0.463. The van der Waals surface area contributed by atoms with E-state index in [0.29, 0.717) is 26.2 Å². The molecule has 0 amide bonds. The molecule has 0 aromatic rings. The van der Waals surface area contributed by atoms with Gasteiger partial charge in [-0.15, -0.1) is 0 Å². The Morgan fingerprint density at radius 3 is 1.10 bits per heavy atom. The summed E-state index contributed by atoms with van der Waals surface area (Å²) < 4.78 is 24.8. The second kappa shape index (κ2) is 28.8. The molecule has 51 heavy (non-hydrogen) atoms. The topological polar surface area (TPSA) is 155 Å². The molecule has 0 radical (unpaired) electrons. The highest BCUT2D eigenvalue weighted by Gasteiger charge is 2.34. The van der Waals surface area contributed by atoms with Crippen LogP contribution < -0.4 is 10.6 Å². The Balaban J connectivity index is 2.11. The summed E-state index contributed by atoms with van der Waals surface area (Å²) in [7, 11) is 0. The average molecular weight is 735 g/mol. The van der Waals surface area contributed by atoms with Crippen LogP contribution in [0.4, 0.5) is 0 Å². The van der Waals surface area contributed by atoms with Crippen LogP contribution in [-0.4, -0.2) is 222 Å². The van der Waals surface area contributed by atoms with E-state index in [9.17, 15) is 20.4 Å². The van der Waals surface area contributed by atoms with Crippen molar-refractivity contribution in [2.75, 3.05) is 158 Å². The van der Waals surface area contributed by atoms with Gasteiger partial charge < -0.3 is 59.8 Å². The van der Waals surface area contributed by atoms with Crippen molar-refractivity contribution in [3.05, 3.63) is 0 Å². The molecular formula is C37H78N6O8. The monoisotopic (exact) mass is 735 g/mol. The number of aliphatic hydroxyl groups excluding tert-OH is 4. The van der Waals surface area contributed by atoms with Gasteiger partial charge >= 0.3 is 0 Å². The fraction of sp³-hybridized carbons (Fsp3) is 1.00. The standard InChI is InChI=1S/C37H78N6O8/c1-5-13-40(14-6-2)21-33(44)25-48-29-37(30-49-26-34(45)22-41(15-7-3)16-8-4,31-50-27-35(46)23-42-17-9-38-10-18-42)32-51-28-36(47)24-43-19-11-39-12-20-43/h33-36,38-39,44-47H,5-32H2,1-4H3. The molecule has 0 bridgehead atoms. The van der Waals surface area contributed by atoms with E-state index in [1.807, 2.05) is 0 Å². The van der Waals surface area contributed by atoms with E-state index in [0.717, 1.165) is 104 Å².